The molecule has 1 N–H and O–H groups in total. The van der Waals surface area contributed by atoms with Crippen molar-refractivity contribution in [3.8, 4) is 0 Å². The Labute approximate surface area is 178 Å². The molecule has 0 bridgehead atoms. The first-order valence-electron chi connectivity index (χ1n) is 11.1. The van der Waals surface area contributed by atoms with Crippen LogP contribution in [0.25, 0.3) is 0 Å². The Morgan fingerprint density at radius 1 is 1.07 bits per heavy atom. The quantitative estimate of drug-likeness (QED) is 0.632. The molecular formula is C23H34FN3O3. The highest BCUT2D eigenvalue weighted by molar-refractivity contribution is 5.94. The lowest BCUT2D eigenvalue weighted by molar-refractivity contribution is -0.131. The molecule has 7 heteroatoms. The molecule has 2 rings (SSSR count). The molecule has 30 heavy (non-hydrogen) atoms. The number of carbonyl (C=O) groups is 3. The Kier molecular flexibility index (Phi) is 9.77. The highest BCUT2D eigenvalue weighted by Gasteiger charge is 2.26. The smallest absolute Gasteiger partial charge is 0.256 e. The summed E-state index contributed by atoms with van der Waals surface area (Å²) in [6, 6.07) is 6.00. The second kappa shape index (κ2) is 12.3. The number of nitrogens with one attached hydrogen (secondary N) is 1. The molecule has 0 radical (unpaired) electrons. The third-order valence-electron chi connectivity index (χ3n) is 5.39. The van der Waals surface area contributed by atoms with Crippen molar-refractivity contribution in [1.29, 1.82) is 0 Å². The summed E-state index contributed by atoms with van der Waals surface area (Å²) in [5, 5.41) is 3.01. The van der Waals surface area contributed by atoms with Crippen LogP contribution in [0.2, 0.25) is 0 Å². The highest BCUT2D eigenvalue weighted by atomic mass is 19.1. The van der Waals surface area contributed by atoms with Crippen LogP contribution in [0.1, 0.15) is 69.2 Å². The van der Waals surface area contributed by atoms with Crippen LogP contribution in [0.4, 0.5) is 4.39 Å². The zero-order chi connectivity index (χ0) is 21.9. The fourth-order valence-corrected chi connectivity index (χ4v) is 3.79. The molecular weight excluding hydrogens is 385 g/mol. The summed E-state index contributed by atoms with van der Waals surface area (Å²) in [5.41, 5.74) is 0.0878. The van der Waals surface area contributed by atoms with E-state index < -0.39 is 5.82 Å². The number of nitrogens with zero attached hydrogens (tertiary/aromatic N) is 2. The van der Waals surface area contributed by atoms with E-state index in [1.165, 1.54) is 12.1 Å². The van der Waals surface area contributed by atoms with Gasteiger partial charge in [-0.2, -0.15) is 0 Å². The molecule has 1 heterocycles. The average Bonchev–Trinajstić information content (AvgIpc) is 2.74. The SMILES string of the molecule is CCCN(CCC)C(=O)CCCC(=O)NC1CCN(C(=O)c2ccccc2F)CC1. The molecule has 0 unspecified atom stereocenters. The van der Waals surface area contributed by atoms with Crippen LogP contribution in [-0.2, 0) is 9.59 Å². The normalized spacial score (nSPS) is 14.4. The van der Waals surface area contributed by atoms with E-state index in [0.29, 0.717) is 45.2 Å². The van der Waals surface area contributed by atoms with Gasteiger partial charge in [-0.3, -0.25) is 14.4 Å². The van der Waals surface area contributed by atoms with Gasteiger partial charge in [0.2, 0.25) is 11.8 Å². The van der Waals surface area contributed by atoms with E-state index in [9.17, 15) is 18.8 Å². The van der Waals surface area contributed by atoms with Gasteiger partial charge in [-0.15, -0.1) is 0 Å². The standard InChI is InChI=1S/C23H34FN3O3/c1-3-14-26(15-4-2)22(29)11-7-10-21(28)25-18-12-16-27(17-13-18)23(30)19-8-5-6-9-20(19)24/h5-6,8-9,18H,3-4,7,10-17H2,1-2H3,(H,25,28). The summed E-state index contributed by atoms with van der Waals surface area (Å²) in [5.74, 6) is -0.755. The Bertz CT molecular complexity index is 711. The molecule has 1 fully saturated rings. The molecule has 1 aromatic carbocycles. The number of halogens is 1. The summed E-state index contributed by atoms with van der Waals surface area (Å²) in [6.07, 6.45) is 4.42. The molecule has 166 valence electrons. The second-order valence-corrected chi connectivity index (χ2v) is 7.85. The molecule has 0 aromatic heterocycles. The third kappa shape index (κ3) is 7.11. The molecule has 3 amide bonds. The maximum atomic E-state index is 13.8. The predicted molar refractivity (Wildman–Crippen MR) is 114 cm³/mol. The summed E-state index contributed by atoms with van der Waals surface area (Å²) in [6.45, 7) is 6.61. The summed E-state index contributed by atoms with van der Waals surface area (Å²) in [7, 11) is 0. The van der Waals surface area contributed by atoms with Crippen LogP contribution in [0.5, 0.6) is 0 Å². The van der Waals surface area contributed by atoms with Crippen LogP contribution >= 0.6 is 0 Å². The lowest BCUT2D eigenvalue weighted by Gasteiger charge is -2.32. The Hall–Kier alpha value is -2.44. The van der Waals surface area contributed by atoms with Gasteiger partial charge in [-0.1, -0.05) is 26.0 Å². The monoisotopic (exact) mass is 419 g/mol. The summed E-state index contributed by atoms with van der Waals surface area (Å²) >= 11 is 0. The number of carbonyl (C=O) groups excluding carboxylic acids is 3. The van der Waals surface area contributed by atoms with Crippen molar-refractivity contribution in [3.05, 3.63) is 35.6 Å². The van der Waals surface area contributed by atoms with Gasteiger partial charge in [0, 0.05) is 45.1 Å². The zero-order valence-corrected chi connectivity index (χ0v) is 18.2. The average molecular weight is 420 g/mol. The van der Waals surface area contributed by atoms with Gasteiger partial charge < -0.3 is 15.1 Å². The van der Waals surface area contributed by atoms with E-state index >= 15 is 0 Å². The van der Waals surface area contributed by atoms with Crippen molar-refractivity contribution in [2.24, 2.45) is 0 Å². The van der Waals surface area contributed by atoms with Crippen LogP contribution in [0, 0.1) is 5.82 Å². The molecule has 0 atom stereocenters. The number of hydrogen-bond acceptors (Lipinski definition) is 3. The molecule has 0 spiro atoms. The lowest BCUT2D eigenvalue weighted by Crippen LogP contribution is -2.46. The fourth-order valence-electron chi connectivity index (χ4n) is 3.79. The van der Waals surface area contributed by atoms with E-state index in [0.717, 1.165) is 25.9 Å². The van der Waals surface area contributed by atoms with Crippen LogP contribution < -0.4 is 5.32 Å². The van der Waals surface area contributed by atoms with E-state index in [-0.39, 0.29) is 29.3 Å². The van der Waals surface area contributed by atoms with Gasteiger partial charge in [-0.25, -0.2) is 4.39 Å². The third-order valence-corrected chi connectivity index (χ3v) is 5.39. The number of benzene rings is 1. The van der Waals surface area contributed by atoms with Crippen molar-refractivity contribution in [2.75, 3.05) is 26.2 Å². The van der Waals surface area contributed by atoms with Crippen molar-refractivity contribution in [3.63, 3.8) is 0 Å². The van der Waals surface area contributed by atoms with Crippen LogP contribution in [0.15, 0.2) is 24.3 Å². The molecule has 1 aliphatic heterocycles. The minimum Gasteiger partial charge on any atom is -0.353 e. The number of hydrogen-bond donors (Lipinski definition) is 1. The largest absolute Gasteiger partial charge is 0.353 e. The number of likely N-dealkylation sites (tertiary alicyclic amines) is 1. The molecule has 1 aromatic rings. The second-order valence-electron chi connectivity index (χ2n) is 7.85. The maximum absolute atomic E-state index is 13.8. The van der Waals surface area contributed by atoms with Crippen molar-refractivity contribution in [1.82, 2.24) is 15.1 Å². The Balaban J connectivity index is 1.69. The van der Waals surface area contributed by atoms with Gasteiger partial charge in [0.15, 0.2) is 0 Å². The predicted octanol–water partition coefficient (Wildman–Crippen LogP) is 3.37. The highest BCUT2D eigenvalue weighted by Crippen LogP contribution is 2.16. The molecule has 6 nitrogen and oxygen atoms in total. The van der Waals surface area contributed by atoms with Crippen LogP contribution in [-0.4, -0.2) is 59.7 Å². The first kappa shape index (κ1) is 23.8. The van der Waals surface area contributed by atoms with Crippen molar-refractivity contribution in [2.45, 2.75) is 64.8 Å². The summed E-state index contributed by atoms with van der Waals surface area (Å²) < 4.78 is 13.8. The van der Waals surface area contributed by atoms with Crippen LogP contribution in [0.3, 0.4) is 0 Å². The van der Waals surface area contributed by atoms with Gasteiger partial charge in [0.05, 0.1) is 5.56 Å². The van der Waals surface area contributed by atoms with E-state index in [2.05, 4.69) is 19.2 Å². The first-order valence-corrected chi connectivity index (χ1v) is 11.1. The number of rotatable bonds is 10. The fraction of sp³-hybridized carbons (Fsp3) is 0.609. The molecule has 1 aliphatic rings. The molecule has 1 saturated heterocycles. The Morgan fingerprint density at radius 3 is 2.30 bits per heavy atom. The number of amides is 3. The Morgan fingerprint density at radius 2 is 1.70 bits per heavy atom. The maximum Gasteiger partial charge on any atom is 0.256 e. The van der Waals surface area contributed by atoms with Gasteiger partial charge in [0.25, 0.3) is 5.91 Å². The van der Waals surface area contributed by atoms with Gasteiger partial charge in [-0.05, 0) is 44.2 Å². The van der Waals surface area contributed by atoms with Crippen molar-refractivity contribution >= 4 is 17.7 Å². The van der Waals surface area contributed by atoms with E-state index in [1.807, 2.05) is 4.90 Å². The molecule has 0 saturated carbocycles. The first-order chi connectivity index (χ1) is 14.5. The minimum atomic E-state index is -0.510. The minimum absolute atomic E-state index is 0.00885. The van der Waals surface area contributed by atoms with E-state index in [1.54, 1.807) is 17.0 Å². The van der Waals surface area contributed by atoms with Gasteiger partial charge in [0.1, 0.15) is 5.82 Å². The topological polar surface area (TPSA) is 69.7 Å². The number of piperidine rings is 1. The lowest BCUT2D eigenvalue weighted by atomic mass is 10.0. The zero-order valence-electron chi connectivity index (χ0n) is 18.2. The summed E-state index contributed by atoms with van der Waals surface area (Å²) in [4.78, 5) is 40.5. The molecule has 0 aliphatic carbocycles. The van der Waals surface area contributed by atoms with E-state index in [4.69, 9.17) is 0 Å². The van der Waals surface area contributed by atoms with Crippen molar-refractivity contribution < 1.29 is 18.8 Å². The van der Waals surface area contributed by atoms with Gasteiger partial charge >= 0.3 is 0 Å².